The van der Waals surface area contributed by atoms with Gasteiger partial charge in [0.15, 0.2) is 0 Å². The first-order valence-corrected chi connectivity index (χ1v) is 6.09. The molecule has 0 saturated heterocycles. The van der Waals surface area contributed by atoms with Crippen molar-refractivity contribution in [2.45, 2.75) is 0 Å². The van der Waals surface area contributed by atoms with E-state index >= 15 is 0 Å². The minimum Gasteiger partial charge on any atom is -0.383 e. The van der Waals surface area contributed by atoms with Gasteiger partial charge in [-0.05, 0) is 22.9 Å². The van der Waals surface area contributed by atoms with E-state index in [2.05, 4.69) is 40.0 Å². The number of rotatable bonds is 4. The molecule has 0 aliphatic carbocycles. The van der Waals surface area contributed by atoms with E-state index in [1.54, 1.807) is 7.11 Å². The molecule has 2 aromatic carbocycles. The Bertz CT molecular complexity index is 568. The fourth-order valence-corrected chi connectivity index (χ4v) is 1.77. The predicted molar refractivity (Wildman–Crippen MR) is 79.1 cm³/mol. The molecule has 0 bridgehead atoms. The van der Waals surface area contributed by atoms with Crippen LogP contribution in [0.25, 0.3) is 10.8 Å². The number of nitrogens with two attached hydrogens (primary N) is 1. The first-order chi connectivity index (χ1) is 9.33. The highest BCUT2D eigenvalue weighted by Gasteiger charge is 1.99. The normalized spacial score (nSPS) is 11.6. The molecule has 0 spiro atoms. The van der Waals surface area contributed by atoms with E-state index < -0.39 is 0 Å². The highest BCUT2D eigenvalue weighted by Crippen LogP contribution is 2.18. The monoisotopic (exact) mass is 258 g/mol. The first-order valence-electron chi connectivity index (χ1n) is 6.09. The van der Waals surface area contributed by atoms with Crippen molar-refractivity contribution in [3.63, 3.8) is 0 Å². The van der Waals surface area contributed by atoms with Gasteiger partial charge in [0.25, 0.3) is 0 Å². The zero-order chi connectivity index (χ0) is 13.5. The van der Waals surface area contributed by atoms with Crippen LogP contribution in [0.1, 0.15) is 0 Å². The fraction of sp³-hybridized carbons (Fsp3) is 0.214. The number of fused-ring (bicyclic) bond motifs is 1. The predicted octanol–water partition coefficient (Wildman–Crippen LogP) is 1.72. The lowest BCUT2D eigenvalue weighted by molar-refractivity contribution is 0.208. The molecule has 100 valence electrons. The molecule has 0 aromatic heterocycles. The summed E-state index contributed by atoms with van der Waals surface area (Å²) in [6.07, 6.45) is 0. The molecule has 19 heavy (non-hydrogen) atoms. The molecule has 0 saturated carbocycles. The van der Waals surface area contributed by atoms with E-state index in [1.807, 2.05) is 18.2 Å². The molecular weight excluding hydrogens is 240 g/mol. The fourth-order valence-electron chi connectivity index (χ4n) is 1.77. The van der Waals surface area contributed by atoms with Crippen molar-refractivity contribution >= 4 is 22.4 Å². The number of ether oxygens (including phenoxy) is 1. The summed E-state index contributed by atoms with van der Waals surface area (Å²) < 4.78 is 4.94. The van der Waals surface area contributed by atoms with Crippen molar-refractivity contribution in [2.24, 2.45) is 10.8 Å². The molecule has 0 aliphatic heterocycles. The number of hydrogen-bond acceptors (Lipinski definition) is 3. The number of benzene rings is 2. The second kappa shape index (κ2) is 6.72. The van der Waals surface area contributed by atoms with Gasteiger partial charge >= 0.3 is 0 Å². The Labute approximate surface area is 112 Å². The zero-order valence-electron chi connectivity index (χ0n) is 10.9. The SMILES string of the molecule is COCCN=C(NN)Nc1ccc2ccccc2c1. The van der Waals surface area contributed by atoms with Gasteiger partial charge in [0.05, 0.1) is 13.2 Å². The minimum absolute atomic E-state index is 0.521. The molecular formula is C14H18N4O. The molecule has 0 fully saturated rings. The molecule has 0 heterocycles. The molecule has 0 aliphatic rings. The van der Waals surface area contributed by atoms with Gasteiger partial charge in [0.2, 0.25) is 5.96 Å². The number of hydrazine groups is 1. The third-order valence-electron chi connectivity index (χ3n) is 2.71. The van der Waals surface area contributed by atoms with Crippen molar-refractivity contribution in [3.8, 4) is 0 Å². The van der Waals surface area contributed by atoms with Crippen LogP contribution in [0.4, 0.5) is 5.69 Å². The van der Waals surface area contributed by atoms with Crippen LogP contribution >= 0.6 is 0 Å². The molecule has 5 heteroatoms. The number of aliphatic imine (C=N–C) groups is 1. The van der Waals surface area contributed by atoms with Gasteiger partial charge in [-0.1, -0.05) is 30.3 Å². The standard InChI is InChI=1S/C14H18N4O/c1-19-9-8-16-14(18-15)17-13-7-6-11-4-2-3-5-12(11)10-13/h2-7,10H,8-9,15H2,1H3,(H2,16,17,18). The third kappa shape index (κ3) is 3.67. The van der Waals surface area contributed by atoms with E-state index in [0.29, 0.717) is 19.1 Å². The largest absolute Gasteiger partial charge is 0.383 e. The maximum atomic E-state index is 5.43. The summed E-state index contributed by atoms with van der Waals surface area (Å²) >= 11 is 0. The number of nitrogens with zero attached hydrogens (tertiary/aromatic N) is 1. The average Bonchev–Trinajstić information content (AvgIpc) is 2.46. The number of methoxy groups -OCH3 is 1. The zero-order valence-corrected chi connectivity index (χ0v) is 10.9. The minimum atomic E-state index is 0.521. The summed E-state index contributed by atoms with van der Waals surface area (Å²) in [5.74, 6) is 5.95. The molecule has 0 atom stereocenters. The van der Waals surface area contributed by atoms with Crippen LogP contribution < -0.4 is 16.6 Å². The lowest BCUT2D eigenvalue weighted by atomic mass is 10.1. The Morgan fingerprint density at radius 2 is 2.00 bits per heavy atom. The smallest absolute Gasteiger partial charge is 0.210 e. The highest BCUT2D eigenvalue weighted by atomic mass is 16.5. The molecule has 5 nitrogen and oxygen atoms in total. The molecule has 2 aromatic rings. The van der Waals surface area contributed by atoms with Crippen molar-refractivity contribution in [2.75, 3.05) is 25.6 Å². The van der Waals surface area contributed by atoms with Crippen LogP contribution in [0.5, 0.6) is 0 Å². The van der Waals surface area contributed by atoms with Crippen LogP contribution in [0, 0.1) is 0 Å². The van der Waals surface area contributed by atoms with E-state index in [4.69, 9.17) is 10.6 Å². The second-order valence-electron chi connectivity index (χ2n) is 4.05. The lowest BCUT2D eigenvalue weighted by Crippen LogP contribution is -2.36. The third-order valence-corrected chi connectivity index (χ3v) is 2.71. The van der Waals surface area contributed by atoms with Crippen LogP contribution in [-0.2, 0) is 4.74 Å². The summed E-state index contributed by atoms with van der Waals surface area (Å²) in [5, 5.41) is 5.51. The van der Waals surface area contributed by atoms with Crippen molar-refractivity contribution < 1.29 is 4.74 Å². The highest BCUT2D eigenvalue weighted by molar-refractivity contribution is 5.96. The number of nitrogens with one attached hydrogen (secondary N) is 2. The van der Waals surface area contributed by atoms with Crippen LogP contribution in [0.2, 0.25) is 0 Å². The van der Waals surface area contributed by atoms with E-state index in [1.165, 1.54) is 10.8 Å². The Balaban J connectivity index is 2.13. The van der Waals surface area contributed by atoms with Crippen molar-refractivity contribution in [1.82, 2.24) is 5.43 Å². The lowest BCUT2D eigenvalue weighted by Gasteiger charge is -2.10. The maximum absolute atomic E-state index is 5.43. The van der Waals surface area contributed by atoms with Gasteiger partial charge in [-0.25, -0.2) is 10.8 Å². The van der Waals surface area contributed by atoms with Crippen LogP contribution in [0.3, 0.4) is 0 Å². The summed E-state index contributed by atoms with van der Waals surface area (Å²) in [6.45, 7) is 1.11. The van der Waals surface area contributed by atoms with E-state index in [9.17, 15) is 0 Å². The van der Waals surface area contributed by atoms with Gasteiger partial charge in [-0.3, -0.25) is 5.43 Å². The summed E-state index contributed by atoms with van der Waals surface area (Å²) in [6, 6.07) is 14.3. The summed E-state index contributed by atoms with van der Waals surface area (Å²) in [7, 11) is 1.64. The van der Waals surface area contributed by atoms with Gasteiger partial charge in [-0.15, -0.1) is 0 Å². The number of anilines is 1. The molecule has 4 N–H and O–H groups in total. The summed E-state index contributed by atoms with van der Waals surface area (Å²) in [4.78, 5) is 4.25. The molecule has 2 rings (SSSR count). The number of hydrogen-bond donors (Lipinski definition) is 3. The van der Waals surface area contributed by atoms with Crippen LogP contribution in [0.15, 0.2) is 47.5 Å². The van der Waals surface area contributed by atoms with E-state index in [-0.39, 0.29) is 0 Å². The van der Waals surface area contributed by atoms with E-state index in [0.717, 1.165) is 5.69 Å². The topological polar surface area (TPSA) is 71.7 Å². The maximum Gasteiger partial charge on any atom is 0.210 e. The first kappa shape index (κ1) is 13.3. The number of guanidine groups is 1. The Morgan fingerprint density at radius 3 is 2.74 bits per heavy atom. The van der Waals surface area contributed by atoms with Gasteiger partial charge < -0.3 is 10.1 Å². The Morgan fingerprint density at radius 1 is 1.21 bits per heavy atom. The molecule has 0 unspecified atom stereocenters. The molecule has 0 amide bonds. The van der Waals surface area contributed by atoms with Crippen molar-refractivity contribution in [3.05, 3.63) is 42.5 Å². The van der Waals surface area contributed by atoms with Crippen LogP contribution in [-0.4, -0.2) is 26.2 Å². The van der Waals surface area contributed by atoms with Gasteiger partial charge in [0, 0.05) is 12.8 Å². The Kier molecular flexibility index (Phi) is 4.72. The molecule has 0 radical (unpaired) electrons. The summed E-state index contributed by atoms with van der Waals surface area (Å²) in [5.41, 5.74) is 3.48. The second-order valence-corrected chi connectivity index (χ2v) is 4.05. The van der Waals surface area contributed by atoms with Gasteiger partial charge in [-0.2, -0.15) is 0 Å². The Hall–Kier alpha value is -2.11. The average molecular weight is 258 g/mol. The van der Waals surface area contributed by atoms with Crippen molar-refractivity contribution in [1.29, 1.82) is 0 Å². The quantitative estimate of drug-likeness (QED) is 0.257. The van der Waals surface area contributed by atoms with Gasteiger partial charge in [0.1, 0.15) is 0 Å².